The maximum Gasteiger partial charge on any atom is 0.255 e. The van der Waals surface area contributed by atoms with E-state index >= 15 is 0 Å². The van der Waals surface area contributed by atoms with Crippen molar-refractivity contribution in [1.29, 1.82) is 0 Å². The summed E-state index contributed by atoms with van der Waals surface area (Å²) in [6.45, 7) is 1.98. The molecule has 0 radical (unpaired) electrons. The minimum atomic E-state index is -0.214. The van der Waals surface area contributed by atoms with Crippen LogP contribution >= 0.6 is 12.2 Å². The van der Waals surface area contributed by atoms with Crippen LogP contribution in [0.4, 0.5) is 0 Å². The van der Waals surface area contributed by atoms with Gasteiger partial charge in [-0.25, -0.2) is 0 Å². The Balaban J connectivity index is 1.77. The molecule has 0 fully saturated rings. The maximum atomic E-state index is 12.8. The van der Waals surface area contributed by atoms with Gasteiger partial charge in [-0.2, -0.15) is 4.98 Å². The lowest BCUT2D eigenvalue weighted by molar-refractivity contribution is 0.0973. The fourth-order valence-corrected chi connectivity index (χ4v) is 3.13. The fraction of sp³-hybridized carbons (Fsp3) is 0.0455. The second-order valence-corrected chi connectivity index (χ2v) is 6.85. The predicted molar refractivity (Wildman–Crippen MR) is 114 cm³/mol. The number of aromatic nitrogens is 3. The zero-order valence-electron chi connectivity index (χ0n) is 15.2. The van der Waals surface area contributed by atoms with Gasteiger partial charge in [0.05, 0.1) is 5.70 Å². The molecule has 4 rings (SSSR count). The second-order valence-electron chi connectivity index (χ2n) is 6.46. The molecule has 0 saturated heterocycles. The number of aromatic amines is 2. The van der Waals surface area contributed by atoms with Crippen molar-refractivity contribution in [1.82, 2.24) is 20.5 Å². The molecular formula is C22H18N4OS. The Morgan fingerprint density at radius 1 is 1.00 bits per heavy atom. The number of rotatable bonds is 4. The van der Waals surface area contributed by atoms with Crippen molar-refractivity contribution in [2.45, 2.75) is 6.92 Å². The third kappa shape index (κ3) is 3.77. The van der Waals surface area contributed by atoms with Gasteiger partial charge in [-0.3, -0.25) is 15.0 Å². The van der Waals surface area contributed by atoms with Crippen molar-refractivity contribution in [3.05, 3.63) is 94.0 Å². The molecular weight excluding hydrogens is 368 g/mol. The molecule has 0 bridgehead atoms. The van der Waals surface area contributed by atoms with E-state index < -0.39 is 0 Å². The van der Waals surface area contributed by atoms with Crippen LogP contribution in [0.2, 0.25) is 0 Å². The Labute approximate surface area is 167 Å². The number of fused-ring (bicyclic) bond motifs is 1. The largest absolute Gasteiger partial charge is 0.319 e. The number of carbonyl (C=O) groups is 1. The van der Waals surface area contributed by atoms with Crippen molar-refractivity contribution in [3.8, 4) is 0 Å². The first-order chi connectivity index (χ1) is 13.6. The molecule has 28 heavy (non-hydrogen) atoms. The molecule has 0 aliphatic heterocycles. The number of benzene rings is 3. The lowest BCUT2D eigenvalue weighted by atomic mass is 10.0. The Bertz CT molecular complexity index is 1230. The summed E-state index contributed by atoms with van der Waals surface area (Å²) in [5.41, 5.74) is 3.18. The van der Waals surface area contributed by atoms with Crippen molar-refractivity contribution >= 4 is 40.7 Å². The normalized spacial score (nSPS) is 11.5. The quantitative estimate of drug-likeness (QED) is 0.439. The lowest BCUT2D eigenvalue weighted by Crippen LogP contribution is -2.22. The number of hydrogen-bond donors (Lipinski definition) is 3. The molecule has 3 N–H and O–H groups in total. The summed E-state index contributed by atoms with van der Waals surface area (Å²) in [5, 5.41) is 10.9. The molecule has 0 aliphatic rings. The Morgan fingerprint density at radius 2 is 1.75 bits per heavy atom. The van der Waals surface area contributed by atoms with Crippen LogP contribution in [0, 0.1) is 11.7 Å². The number of H-pyrrole nitrogens is 2. The van der Waals surface area contributed by atoms with Gasteiger partial charge in [0.1, 0.15) is 0 Å². The van der Waals surface area contributed by atoms with E-state index in [0.29, 0.717) is 21.9 Å². The van der Waals surface area contributed by atoms with Crippen LogP contribution < -0.4 is 5.32 Å². The van der Waals surface area contributed by atoms with Gasteiger partial charge in [0, 0.05) is 5.56 Å². The molecule has 4 aromatic rings. The number of aryl methyl sites for hydroxylation is 1. The Hall–Kier alpha value is -3.51. The van der Waals surface area contributed by atoms with Crippen LogP contribution in [0.3, 0.4) is 0 Å². The van der Waals surface area contributed by atoms with E-state index in [1.54, 1.807) is 12.1 Å². The van der Waals surface area contributed by atoms with Crippen molar-refractivity contribution in [2.75, 3.05) is 0 Å². The number of hydrogen-bond acceptors (Lipinski definition) is 3. The molecule has 6 heteroatoms. The molecule has 0 saturated carbocycles. The number of amides is 1. The van der Waals surface area contributed by atoms with Gasteiger partial charge >= 0.3 is 0 Å². The first kappa shape index (κ1) is 17.9. The zero-order valence-corrected chi connectivity index (χ0v) is 16.0. The standard InChI is InChI=1S/C22H18N4OS/c1-14-9-11-16(12-10-14)21(27)23-19(20-24-22(28)26-25-20)13-17-7-4-6-15-5-2-3-8-18(15)17/h2-13H,1H3,(H,23,27)(H2,24,25,26,28)/b19-13+. The lowest BCUT2D eigenvalue weighted by Gasteiger charge is -2.09. The Morgan fingerprint density at radius 3 is 2.50 bits per heavy atom. The fourth-order valence-electron chi connectivity index (χ4n) is 2.99. The third-order valence-electron chi connectivity index (χ3n) is 4.44. The highest BCUT2D eigenvalue weighted by Gasteiger charge is 2.13. The third-order valence-corrected chi connectivity index (χ3v) is 4.63. The minimum Gasteiger partial charge on any atom is -0.319 e. The molecule has 0 unspecified atom stereocenters. The van der Waals surface area contributed by atoms with Crippen molar-refractivity contribution < 1.29 is 4.79 Å². The van der Waals surface area contributed by atoms with Gasteiger partial charge in [0.15, 0.2) is 5.82 Å². The molecule has 1 heterocycles. The Kier molecular flexibility index (Phi) is 4.87. The smallest absolute Gasteiger partial charge is 0.255 e. The van der Waals surface area contributed by atoms with E-state index in [4.69, 9.17) is 12.2 Å². The molecule has 138 valence electrons. The van der Waals surface area contributed by atoms with E-state index in [1.807, 2.05) is 55.5 Å². The van der Waals surface area contributed by atoms with Crippen LogP contribution in [-0.4, -0.2) is 21.1 Å². The first-order valence-corrected chi connectivity index (χ1v) is 9.23. The average Bonchev–Trinajstić information content (AvgIpc) is 3.14. The summed E-state index contributed by atoms with van der Waals surface area (Å²) in [6, 6.07) is 21.6. The van der Waals surface area contributed by atoms with Gasteiger partial charge in [-0.15, -0.1) is 0 Å². The summed E-state index contributed by atoms with van der Waals surface area (Å²) in [7, 11) is 0. The molecule has 1 amide bonds. The summed E-state index contributed by atoms with van der Waals surface area (Å²) in [4.78, 5) is 17.0. The SMILES string of the molecule is Cc1ccc(C(=O)N/C(=C/c2cccc3ccccc23)c2nc(=S)[nH][nH]2)cc1. The monoisotopic (exact) mass is 386 g/mol. The predicted octanol–water partition coefficient (Wildman–Crippen LogP) is 4.86. The highest BCUT2D eigenvalue weighted by atomic mass is 32.1. The maximum absolute atomic E-state index is 12.8. The molecule has 0 spiro atoms. The van der Waals surface area contributed by atoms with Gasteiger partial charge in [-0.1, -0.05) is 60.2 Å². The number of nitrogens with one attached hydrogen (secondary N) is 3. The summed E-state index contributed by atoms with van der Waals surface area (Å²) in [5.74, 6) is 0.257. The van der Waals surface area contributed by atoms with E-state index in [0.717, 1.165) is 21.9 Å². The second kappa shape index (κ2) is 7.62. The average molecular weight is 386 g/mol. The topological polar surface area (TPSA) is 73.6 Å². The van der Waals surface area contributed by atoms with E-state index in [-0.39, 0.29) is 5.91 Å². The number of nitrogens with zero attached hydrogens (tertiary/aromatic N) is 1. The van der Waals surface area contributed by atoms with Crippen LogP contribution in [0.25, 0.3) is 22.5 Å². The van der Waals surface area contributed by atoms with Crippen LogP contribution in [-0.2, 0) is 0 Å². The number of carbonyl (C=O) groups excluding carboxylic acids is 1. The molecule has 1 aromatic heterocycles. The van der Waals surface area contributed by atoms with E-state index in [2.05, 4.69) is 32.6 Å². The van der Waals surface area contributed by atoms with Gasteiger partial charge in [0.2, 0.25) is 4.77 Å². The van der Waals surface area contributed by atoms with E-state index in [9.17, 15) is 4.79 Å². The molecule has 0 aliphatic carbocycles. The van der Waals surface area contributed by atoms with E-state index in [1.165, 1.54) is 0 Å². The summed E-state index contributed by atoms with van der Waals surface area (Å²) in [6.07, 6.45) is 1.90. The van der Waals surface area contributed by atoms with Gasteiger partial charge in [-0.05, 0) is 53.7 Å². The summed E-state index contributed by atoms with van der Waals surface area (Å²) < 4.78 is 0.323. The zero-order chi connectivity index (χ0) is 19.5. The minimum absolute atomic E-state index is 0.214. The highest BCUT2D eigenvalue weighted by Crippen LogP contribution is 2.22. The highest BCUT2D eigenvalue weighted by molar-refractivity contribution is 7.71. The summed E-state index contributed by atoms with van der Waals surface area (Å²) >= 11 is 5.08. The van der Waals surface area contributed by atoms with Crippen molar-refractivity contribution in [2.24, 2.45) is 0 Å². The van der Waals surface area contributed by atoms with Crippen LogP contribution in [0.1, 0.15) is 27.3 Å². The molecule has 5 nitrogen and oxygen atoms in total. The molecule has 0 atom stereocenters. The molecule has 3 aromatic carbocycles. The van der Waals surface area contributed by atoms with Crippen molar-refractivity contribution in [3.63, 3.8) is 0 Å². The van der Waals surface area contributed by atoms with Gasteiger partial charge < -0.3 is 5.32 Å². The first-order valence-electron chi connectivity index (χ1n) is 8.83. The van der Waals surface area contributed by atoms with Crippen LogP contribution in [0.15, 0.2) is 66.7 Å². The van der Waals surface area contributed by atoms with Crippen LogP contribution in [0.5, 0.6) is 0 Å². The van der Waals surface area contributed by atoms with Gasteiger partial charge in [0.25, 0.3) is 5.91 Å².